The van der Waals surface area contributed by atoms with E-state index in [0.717, 1.165) is 12.8 Å². The zero-order valence-electron chi connectivity index (χ0n) is 9.25. The summed E-state index contributed by atoms with van der Waals surface area (Å²) in [5.74, 6) is 1.19. The predicted octanol–water partition coefficient (Wildman–Crippen LogP) is 3.00. The van der Waals surface area contributed by atoms with Crippen molar-refractivity contribution in [2.75, 3.05) is 0 Å². The lowest BCUT2D eigenvalue weighted by Gasteiger charge is -2.09. The number of rotatable bonds is 4. The topological polar surface area (TPSA) is 20.2 Å². The van der Waals surface area contributed by atoms with Crippen molar-refractivity contribution in [3.8, 4) is 0 Å². The Kier molecular flexibility index (Phi) is 3.18. The number of aliphatic hydroxyl groups excluding tert-OH is 1. The minimum absolute atomic E-state index is 0.132. The average molecular weight is 182 g/mol. The summed E-state index contributed by atoms with van der Waals surface area (Å²) in [7, 11) is 0. The van der Waals surface area contributed by atoms with Gasteiger partial charge in [0.15, 0.2) is 0 Å². The van der Waals surface area contributed by atoms with Gasteiger partial charge < -0.3 is 5.11 Å². The predicted molar refractivity (Wildman–Crippen MR) is 56.5 cm³/mol. The van der Waals surface area contributed by atoms with Crippen LogP contribution in [0.1, 0.15) is 40.5 Å². The van der Waals surface area contributed by atoms with Gasteiger partial charge in [-0.25, -0.2) is 0 Å². The molecule has 0 amide bonds. The number of hydrogen-bond acceptors (Lipinski definition) is 1. The Morgan fingerprint density at radius 1 is 1.38 bits per heavy atom. The minimum atomic E-state index is -0.132. The number of hydrogen-bond donors (Lipinski definition) is 1. The van der Waals surface area contributed by atoms with Crippen LogP contribution in [0.25, 0.3) is 0 Å². The van der Waals surface area contributed by atoms with Crippen LogP contribution >= 0.6 is 0 Å². The van der Waals surface area contributed by atoms with Crippen molar-refractivity contribution in [2.45, 2.75) is 46.6 Å². The quantitative estimate of drug-likeness (QED) is 0.663. The monoisotopic (exact) mass is 182 g/mol. The van der Waals surface area contributed by atoms with Crippen molar-refractivity contribution in [3.05, 3.63) is 12.2 Å². The Balaban J connectivity index is 2.34. The van der Waals surface area contributed by atoms with Gasteiger partial charge in [0, 0.05) is 0 Å². The average Bonchev–Trinajstić information content (AvgIpc) is 2.52. The van der Waals surface area contributed by atoms with Crippen molar-refractivity contribution < 1.29 is 5.11 Å². The summed E-state index contributed by atoms with van der Waals surface area (Å²) in [6, 6.07) is 0. The molecule has 0 aromatic heterocycles. The molecule has 0 spiro atoms. The second-order valence-electron chi connectivity index (χ2n) is 4.82. The lowest BCUT2D eigenvalue weighted by Crippen LogP contribution is -2.11. The van der Waals surface area contributed by atoms with E-state index in [0.29, 0.717) is 17.3 Å². The lowest BCUT2D eigenvalue weighted by atomic mass is 10.0. The minimum Gasteiger partial charge on any atom is -0.392 e. The zero-order valence-corrected chi connectivity index (χ0v) is 9.25. The molecule has 1 N–H and O–H groups in total. The summed E-state index contributed by atoms with van der Waals surface area (Å²) in [5.41, 5.74) is 0.361. The molecule has 0 aromatic carbocycles. The molecule has 1 aliphatic carbocycles. The van der Waals surface area contributed by atoms with Crippen LogP contribution in [-0.2, 0) is 0 Å². The van der Waals surface area contributed by atoms with Gasteiger partial charge >= 0.3 is 0 Å². The third kappa shape index (κ3) is 2.14. The van der Waals surface area contributed by atoms with E-state index in [1.54, 1.807) is 0 Å². The van der Waals surface area contributed by atoms with Crippen LogP contribution in [0.4, 0.5) is 0 Å². The molecule has 0 aliphatic heterocycles. The van der Waals surface area contributed by atoms with Crippen molar-refractivity contribution in [1.29, 1.82) is 0 Å². The van der Waals surface area contributed by atoms with E-state index in [9.17, 15) is 5.11 Å². The molecule has 1 aliphatic rings. The maximum atomic E-state index is 9.87. The summed E-state index contributed by atoms with van der Waals surface area (Å²) in [6.45, 7) is 8.84. The summed E-state index contributed by atoms with van der Waals surface area (Å²) >= 11 is 0. The third-order valence-electron chi connectivity index (χ3n) is 3.66. The molecule has 1 rings (SSSR count). The fraction of sp³-hybridized carbons (Fsp3) is 0.833. The molecule has 0 radical (unpaired) electrons. The molecule has 1 fully saturated rings. The van der Waals surface area contributed by atoms with Crippen LogP contribution in [0.15, 0.2) is 12.2 Å². The Hall–Kier alpha value is -0.300. The molecule has 1 nitrogen and oxygen atoms in total. The Bertz CT molecular complexity index is 193. The van der Waals surface area contributed by atoms with Gasteiger partial charge in [-0.2, -0.15) is 0 Å². The smallest absolute Gasteiger partial charge is 0.0610 e. The van der Waals surface area contributed by atoms with Gasteiger partial charge in [-0.3, -0.25) is 0 Å². The van der Waals surface area contributed by atoms with E-state index < -0.39 is 0 Å². The van der Waals surface area contributed by atoms with Gasteiger partial charge in [0.25, 0.3) is 0 Å². The van der Waals surface area contributed by atoms with Crippen molar-refractivity contribution >= 4 is 0 Å². The molecule has 3 atom stereocenters. The fourth-order valence-electron chi connectivity index (χ4n) is 2.32. The zero-order chi connectivity index (χ0) is 10.1. The van der Waals surface area contributed by atoms with Gasteiger partial charge in [0.1, 0.15) is 0 Å². The van der Waals surface area contributed by atoms with Crippen LogP contribution in [0, 0.1) is 17.3 Å². The van der Waals surface area contributed by atoms with Crippen molar-refractivity contribution in [2.24, 2.45) is 17.3 Å². The van der Waals surface area contributed by atoms with Crippen molar-refractivity contribution in [1.82, 2.24) is 0 Å². The highest BCUT2D eigenvalue weighted by atomic mass is 16.3. The van der Waals surface area contributed by atoms with Crippen LogP contribution < -0.4 is 0 Å². The second-order valence-corrected chi connectivity index (χ2v) is 4.82. The van der Waals surface area contributed by atoms with E-state index in [1.807, 2.05) is 0 Å². The summed E-state index contributed by atoms with van der Waals surface area (Å²) in [6.07, 6.45) is 5.99. The van der Waals surface area contributed by atoms with Crippen LogP contribution in [0.2, 0.25) is 0 Å². The molecule has 0 aromatic rings. The highest BCUT2D eigenvalue weighted by molar-refractivity contribution is 5.06. The number of allylic oxidation sites excluding steroid dienone is 1. The first kappa shape index (κ1) is 10.8. The van der Waals surface area contributed by atoms with Gasteiger partial charge in [-0.15, -0.1) is 0 Å². The number of aliphatic hydroxyl groups is 1. The molecule has 1 heteroatoms. The maximum Gasteiger partial charge on any atom is 0.0610 e. The van der Waals surface area contributed by atoms with Gasteiger partial charge in [-0.1, -0.05) is 39.8 Å². The maximum absolute atomic E-state index is 9.87. The van der Waals surface area contributed by atoms with Gasteiger partial charge in [0.05, 0.1) is 6.10 Å². The van der Waals surface area contributed by atoms with E-state index in [-0.39, 0.29) is 6.10 Å². The van der Waals surface area contributed by atoms with Crippen LogP contribution in [-0.4, -0.2) is 11.2 Å². The summed E-state index contributed by atoms with van der Waals surface area (Å²) in [4.78, 5) is 0. The largest absolute Gasteiger partial charge is 0.392 e. The second kappa shape index (κ2) is 3.83. The molecule has 1 saturated carbocycles. The first-order valence-electron chi connectivity index (χ1n) is 5.34. The standard InChI is InChI=1S/C12H22O/c1-5-6-7-8-10(13)11-9(2)12(11,3)4/h6-7,9-11,13H,5,8H2,1-4H3/b7-6+/t9-,10+,11-/m0/s1. The summed E-state index contributed by atoms with van der Waals surface area (Å²) in [5, 5.41) is 9.87. The molecule has 0 saturated heterocycles. The molecular formula is C12H22O. The van der Waals surface area contributed by atoms with Gasteiger partial charge in [0.2, 0.25) is 0 Å². The SMILES string of the molecule is CC/C=C/C[C@@H](O)[C@@H]1[C@H](C)C1(C)C. The molecule has 76 valence electrons. The van der Waals surface area contributed by atoms with Gasteiger partial charge in [-0.05, 0) is 30.1 Å². The van der Waals surface area contributed by atoms with E-state index in [2.05, 4.69) is 39.8 Å². The molecule has 0 heterocycles. The molecule has 13 heavy (non-hydrogen) atoms. The Labute approximate surface area is 81.9 Å². The third-order valence-corrected chi connectivity index (χ3v) is 3.66. The van der Waals surface area contributed by atoms with Crippen LogP contribution in [0.3, 0.4) is 0 Å². The Morgan fingerprint density at radius 2 is 1.92 bits per heavy atom. The lowest BCUT2D eigenvalue weighted by molar-refractivity contribution is 0.137. The van der Waals surface area contributed by atoms with E-state index in [4.69, 9.17) is 0 Å². The van der Waals surface area contributed by atoms with Crippen molar-refractivity contribution in [3.63, 3.8) is 0 Å². The first-order chi connectivity index (χ1) is 6.01. The summed E-state index contributed by atoms with van der Waals surface area (Å²) < 4.78 is 0. The highest BCUT2D eigenvalue weighted by Crippen LogP contribution is 2.59. The molecule has 0 unspecified atom stereocenters. The van der Waals surface area contributed by atoms with Crippen LogP contribution in [0.5, 0.6) is 0 Å². The Morgan fingerprint density at radius 3 is 2.31 bits per heavy atom. The van der Waals surface area contributed by atoms with E-state index in [1.165, 1.54) is 0 Å². The highest BCUT2D eigenvalue weighted by Gasteiger charge is 2.57. The molecule has 0 bridgehead atoms. The van der Waals surface area contributed by atoms with E-state index >= 15 is 0 Å². The molecular weight excluding hydrogens is 160 g/mol. The normalized spacial score (nSPS) is 33.6. The first-order valence-corrected chi connectivity index (χ1v) is 5.34. The fourth-order valence-corrected chi connectivity index (χ4v) is 2.32.